The van der Waals surface area contributed by atoms with Gasteiger partial charge in [-0.15, -0.1) is 0 Å². The molecule has 1 saturated carbocycles. The quantitative estimate of drug-likeness (QED) is 0.747. The maximum absolute atomic E-state index is 12.0. The van der Waals surface area contributed by atoms with Crippen LogP contribution in [0.25, 0.3) is 0 Å². The summed E-state index contributed by atoms with van der Waals surface area (Å²) in [7, 11) is 0. The number of benzene rings is 1. The Hall–Kier alpha value is -1.88. The largest absolute Gasteiger partial charge is 0.335 e. The van der Waals surface area contributed by atoms with E-state index in [9.17, 15) is 9.59 Å². The predicted molar refractivity (Wildman–Crippen MR) is 89.7 cm³/mol. The van der Waals surface area contributed by atoms with Crippen LogP contribution in [0.2, 0.25) is 0 Å². The van der Waals surface area contributed by atoms with E-state index < -0.39 is 0 Å². The number of hydrogen-bond acceptors (Lipinski definition) is 2. The lowest BCUT2D eigenvalue weighted by atomic mass is 9.96. The molecule has 1 aliphatic carbocycles. The van der Waals surface area contributed by atoms with Gasteiger partial charge in [-0.25, -0.2) is 4.79 Å². The Morgan fingerprint density at radius 2 is 1.83 bits per heavy atom. The van der Waals surface area contributed by atoms with Crippen LogP contribution < -0.4 is 16.0 Å². The molecule has 1 aliphatic rings. The molecule has 0 aromatic heterocycles. The van der Waals surface area contributed by atoms with Crippen molar-refractivity contribution in [1.29, 1.82) is 0 Å². The van der Waals surface area contributed by atoms with Gasteiger partial charge in [-0.05, 0) is 12.8 Å². The highest BCUT2D eigenvalue weighted by atomic mass is 16.2. The summed E-state index contributed by atoms with van der Waals surface area (Å²) in [5.41, 5.74) is 1.20. The molecule has 1 atom stereocenters. The highest BCUT2D eigenvalue weighted by Crippen LogP contribution is 2.17. The highest BCUT2D eigenvalue weighted by Gasteiger charge is 2.22. The number of nitrogens with one attached hydrogen (secondary N) is 2. The number of rotatable bonds is 6. The SMILES string of the molecule is CC(C)[C@@H]([NH2+]CC(=O)NC(=O)NC1CCCC1)c1ccccc1. The first-order valence-corrected chi connectivity index (χ1v) is 8.55. The molecule has 0 saturated heterocycles. The van der Waals surface area contributed by atoms with E-state index in [4.69, 9.17) is 0 Å². The number of quaternary nitrogens is 1. The van der Waals surface area contributed by atoms with Crippen molar-refractivity contribution in [2.45, 2.75) is 51.6 Å². The first-order chi connectivity index (χ1) is 11.1. The van der Waals surface area contributed by atoms with Crippen LogP contribution in [-0.4, -0.2) is 24.5 Å². The van der Waals surface area contributed by atoms with Gasteiger partial charge in [-0.1, -0.05) is 57.0 Å². The Labute approximate surface area is 138 Å². The molecule has 1 fully saturated rings. The zero-order valence-electron chi connectivity index (χ0n) is 14.0. The van der Waals surface area contributed by atoms with E-state index in [1.807, 2.05) is 23.5 Å². The monoisotopic (exact) mass is 318 g/mol. The van der Waals surface area contributed by atoms with Gasteiger partial charge in [0.1, 0.15) is 6.04 Å². The molecule has 2 rings (SSSR count). The fourth-order valence-corrected chi connectivity index (χ4v) is 3.17. The van der Waals surface area contributed by atoms with E-state index in [0.29, 0.717) is 5.92 Å². The lowest BCUT2D eigenvalue weighted by Crippen LogP contribution is -2.88. The lowest BCUT2D eigenvalue weighted by Gasteiger charge is -2.19. The third kappa shape index (κ3) is 5.67. The molecule has 0 bridgehead atoms. The van der Waals surface area contributed by atoms with Crippen LogP contribution in [0.15, 0.2) is 30.3 Å². The lowest BCUT2D eigenvalue weighted by molar-refractivity contribution is -0.692. The molecule has 0 spiro atoms. The van der Waals surface area contributed by atoms with E-state index in [1.165, 1.54) is 5.56 Å². The van der Waals surface area contributed by atoms with Crippen LogP contribution >= 0.6 is 0 Å². The minimum atomic E-state index is -0.365. The van der Waals surface area contributed by atoms with Gasteiger partial charge in [0.05, 0.1) is 0 Å². The molecule has 0 aliphatic heterocycles. The molecule has 23 heavy (non-hydrogen) atoms. The summed E-state index contributed by atoms with van der Waals surface area (Å²) < 4.78 is 0. The van der Waals surface area contributed by atoms with E-state index in [-0.39, 0.29) is 30.6 Å². The molecule has 0 heterocycles. The molecule has 126 valence electrons. The smallest absolute Gasteiger partial charge is 0.321 e. The number of carbonyl (C=O) groups excluding carboxylic acids is 2. The zero-order chi connectivity index (χ0) is 16.7. The minimum absolute atomic E-state index is 0.208. The summed E-state index contributed by atoms with van der Waals surface area (Å²) in [5, 5.41) is 7.30. The molecule has 1 aromatic carbocycles. The van der Waals surface area contributed by atoms with E-state index in [2.05, 4.69) is 36.6 Å². The maximum atomic E-state index is 12.0. The van der Waals surface area contributed by atoms with Gasteiger partial charge >= 0.3 is 6.03 Å². The molecule has 3 amide bonds. The molecular formula is C18H28N3O2+. The summed E-state index contributed by atoms with van der Waals surface area (Å²) in [4.78, 5) is 23.8. The second kappa shape index (κ2) is 8.67. The van der Waals surface area contributed by atoms with Gasteiger partial charge < -0.3 is 10.6 Å². The number of imide groups is 1. The van der Waals surface area contributed by atoms with Crippen LogP contribution in [0.5, 0.6) is 0 Å². The predicted octanol–water partition coefficient (Wildman–Crippen LogP) is 1.72. The van der Waals surface area contributed by atoms with Gasteiger partial charge in [0.25, 0.3) is 5.91 Å². The van der Waals surface area contributed by atoms with E-state index in [1.54, 1.807) is 0 Å². The fourth-order valence-electron chi connectivity index (χ4n) is 3.17. The second-order valence-electron chi connectivity index (χ2n) is 6.62. The van der Waals surface area contributed by atoms with Crippen LogP contribution in [0.1, 0.15) is 51.1 Å². The van der Waals surface area contributed by atoms with Crippen molar-refractivity contribution in [3.63, 3.8) is 0 Å². The van der Waals surface area contributed by atoms with Crippen molar-refractivity contribution < 1.29 is 14.9 Å². The third-order valence-electron chi connectivity index (χ3n) is 4.40. The summed E-state index contributed by atoms with van der Waals surface area (Å²) in [6, 6.07) is 10.2. The van der Waals surface area contributed by atoms with Gasteiger partial charge in [0.2, 0.25) is 0 Å². The number of nitrogens with two attached hydrogens (primary N) is 1. The van der Waals surface area contributed by atoms with Crippen molar-refractivity contribution in [2.75, 3.05) is 6.54 Å². The Bertz CT molecular complexity index is 510. The maximum Gasteiger partial charge on any atom is 0.321 e. The van der Waals surface area contributed by atoms with Crippen molar-refractivity contribution in [3.05, 3.63) is 35.9 Å². The third-order valence-corrected chi connectivity index (χ3v) is 4.40. The van der Waals surface area contributed by atoms with Crippen LogP contribution in [0.3, 0.4) is 0 Å². The Morgan fingerprint density at radius 3 is 2.43 bits per heavy atom. The molecule has 0 radical (unpaired) electrons. The molecule has 4 N–H and O–H groups in total. The normalized spacial score (nSPS) is 16.3. The Balaban J connectivity index is 1.78. The van der Waals surface area contributed by atoms with Gasteiger partial charge in [-0.3, -0.25) is 10.1 Å². The molecule has 0 unspecified atom stereocenters. The summed E-state index contributed by atoms with van der Waals surface area (Å²) in [6.45, 7) is 4.52. The summed E-state index contributed by atoms with van der Waals surface area (Å²) in [5.74, 6) is 0.152. The minimum Gasteiger partial charge on any atom is -0.335 e. The zero-order valence-corrected chi connectivity index (χ0v) is 14.0. The van der Waals surface area contributed by atoms with Gasteiger partial charge in [-0.2, -0.15) is 0 Å². The number of amides is 3. The van der Waals surface area contributed by atoms with Crippen molar-refractivity contribution in [3.8, 4) is 0 Å². The topological polar surface area (TPSA) is 74.8 Å². The Morgan fingerprint density at radius 1 is 1.17 bits per heavy atom. The average Bonchev–Trinajstić information content (AvgIpc) is 3.00. The second-order valence-corrected chi connectivity index (χ2v) is 6.62. The molecule has 5 heteroatoms. The summed E-state index contributed by atoms with van der Waals surface area (Å²) >= 11 is 0. The number of urea groups is 1. The Kier molecular flexibility index (Phi) is 6.59. The van der Waals surface area contributed by atoms with Gasteiger partial charge in [0, 0.05) is 17.5 Å². The molecular weight excluding hydrogens is 290 g/mol. The highest BCUT2D eigenvalue weighted by molar-refractivity contribution is 5.94. The fraction of sp³-hybridized carbons (Fsp3) is 0.556. The van der Waals surface area contributed by atoms with Crippen molar-refractivity contribution in [2.24, 2.45) is 5.92 Å². The number of carbonyl (C=O) groups is 2. The first-order valence-electron chi connectivity index (χ1n) is 8.55. The molecule has 1 aromatic rings. The first kappa shape index (κ1) is 17.5. The van der Waals surface area contributed by atoms with Crippen LogP contribution in [0.4, 0.5) is 4.79 Å². The summed E-state index contributed by atoms with van der Waals surface area (Å²) in [6.07, 6.45) is 4.33. The number of hydrogen-bond donors (Lipinski definition) is 3. The van der Waals surface area contributed by atoms with Gasteiger partial charge in [0.15, 0.2) is 6.54 Å². The van der Waals surface area contributed by atoms with Crippen LogP contribution in [-0.2, 0) is 4.79 Å². The van der Waals surface area contributed by atoms with Crippen molar-refractivity contribution >= 4 is 11.9 Å². The van der Waals surface area contributed by atoms with E-state index >= 15 is 0 Å². The van der Waals surface area contributed by atoms with Crippen LogP contribution in [0, 0.1) is 5.92 Å². The van der Waals surface area contributed by atoms with Crippen molar-refractivity contribution in [1.82, 2.24) is 10.6 Å². The standard InChI is InChI=1S/C18H27N3O2/c1-13(2)17(14-8-4-3-5-9-14)19-12-16(22)21-18(23)20-15-10-6-7-11-15/h3-5,8-9,13,15,17,19H,6-7,10-12H2,1-2H3,(H2,20,21,22,23)/p+1/t17-/m1/s1. The average molecular weight is 318 g/mol. The van der Waals surface area contributed by atoms with E-state index in [0.717, 1.165) is 25.7 Å². The molecule has 5 nitrogen and oxygen atoms in total.